The number of amides is 2. The maximum Gasteiger partial charge on any atom is 0.275 e. The van der Waals surface area contributed by atoms with Gasteiger partial charge in [-0.2, -0.15) is 11.3 Å². The number of nitrogens with one attached hydrogen (secondary N) is 2. The summed E-state index contributed by atoms with van der Waals surface area (Å²) in [5, 5.41) is 12.1. The zero-order valence-electron chi connectivity index (χ0n) is 15.9. The molecule has 2 N–H and O–H groups in total. The van der Waals surface area contributed by atoms with Crippen LogP contribution in [0.5, 0.6) is 5.75 Å². The number of rotatable bonds is 6. The van der Waals surface area contributed by atoms with Crippen LogP contribution in [-0.4, -0.2) is 23.9 Å². The Morgan fingerprint density at radius 1 is 0.933 bits per heavy atom. The Morgan fingerprint density at radius 2 is 1.73 bits per heavy atom. The molecule has 2 aromatic carbocycles. The Hall–Kier alpha value is -3.49. The molecule has 0 saturated heterocycles. The monoisotopic (exact) mass is 435 g/mol. The number of carbonyl (C=O) groups excluding carboxylic acids is 2. The molecule has 0 unspecified atom stereocenters. The number of benzene rings is 2. The first-order chi connectivity index (χ1) is 14.6. The van der Waals surface area contributed by atoms with Crippen LogP contribution in [0.2, 0.25) is 0 Å². The summed E-state index contributed by atoms with van der Waals surface area (Å²) < 4.78 is 5.25. The quantitative estimate of drug-likeness (QED) is 0.426. The predicted molar refractivity (Wildman–Crippen MR) is 121 cm³/mol. The average molecular weight is 436 g/mol. The topological polar surface area (TPSA) is 80.3 Å². The lowest BCUT2D eigenvalue weighted by atomic mass is 10.2. The second-order valence-corrected chi connectivity index (χ2v) is 7.87. The Kier molecular flexibility index (Phi) is 5.87. The maximum atomic E-state index is 12.5. The number of thiophene rings is 1. The van der Waals surface area contributed by atoms with Crippen molar-refractivity contribution in [2.24, 2.45) is 0 Å². The van der Waals surface area contributed by atoms with E-state index in [1.165, 1.54) is 11.3 Å². The molecule has 8 heteroatoms. The van der Waals surface area contributed by atoms with E-state index in [9.17, 15) is 9.59 Å². The van der Waals surface area contributed by atoms with Crippen LogP contribution in [0.3, 0.4) is 0 Å². The molecule has 0 aliphatic rings. The minimum absolute atomic E-state index is 0.266. The Labute approximate surface area is 181 Å². The number of hydrogen-bond donors (Lipinski definition) is 2. The molecule has 0 atom stereocenters. The first-order valence-corrected chi connectivity index (χ1v) is 10.8. The molecule has 4 rings (SSSR count). The third-order valence-electron chi connectivity index (χ3n) is 4.27. The molecule has 0 spiro atoms. The fourth-order valence-electron chi connectivity index (χ4n) is 2.74. The summed E-state index contributed by atoms with van der Waals surface area (Å²) in [7, 11) is 1.55. The summed E-state index contributed by atoms with van der Waals surface area (Å²) in [6.07, 6.45) is 0. The normalized spacial score (nSPS) is 10.4. The van der Waals surface area contributed by atoms with E-state index in [1.807, 2.05) is 29.0 Å². The highest BCUT2D eigenvalue weighted by molar-refractivity contribution is 7.14. The van der Waals surface area contributed by atoms with Gasteiger partial charge in [-0.15, -0.1) is 11.3 Å². The molecule has 0 saturated carbocycles. The number of hydrogen-bond acceptors (Lipinski definition) is 6. The van der Waals surface area contributed by atoms with E-state index < -0.39 is 0 Å². The molecule has 6 nitrogen and oxygen atoms in total. The smallest absolute Gasteiger partial charge is 0.275 e. The van der Waals surface area contributed by atoms with Crippen LogP contribution in [0.25, 0.3) is 10.6 Å². The number of anilines is 2. The van der Waals surface area contributed by atoms with Gasteiger partial charge in [0.25, 0.3) is 11.8 Å². The van der Waals surface area contributed by atoms with Gasteiger partial charge in [0.2, 0.25) is 0 Å². The second kappa shape index (κ2) is 8.89. The van der Waals surface area contributed by atoms with Gasteiger partial charge in [-0.05, 0) is 47.8 Å². The van der Waals surface area contributed by atoms with E-state index in [0.717, 1.165) is 10.6 Å². The molecule has 150 valence electrons. The summed E-state index contributed by atoms with van der Waals surface area (Å²) >= 11 is 3.02. The zero-order valence-corrected chi connectivity index (χ0v) is 17.5. The zero-order chi connectivity index (χ0) is 20.9. The number of ether oxygens (including phenoxy) is 1. The van der Waals surface area contributed by atoms with E-state index in [1.54, 1.807) is 60.2 Å². The van der Waals surface area contributed by atoms with Gasteiger partial charge < -0.3 is 15.4 Å². The van der Waals surface area contributed by atoms with Gasteiger partial charge >= 0.3 is 0 Å². The number of thiazole rings is 1. The first kappa shape index (κ1) is 19.8. The highest BCUT2D eigenvalue weighted by Crippen LogP contribution is 2.26. The number of aromatic nitrogens is 1. The number of para-hydroxylation sites is 2. The van der Waals surface area contributed by atoms with Gasteiger partial charge in [-0.1, -0.05) is 12.1 Å². The lowest BCUT2D eigenvalue weighted by Gasteiger charge is -2.10. The second-order valence-electron chi connectivity index (χ2n) is 6.24. The van der Waals surface area contributed by atoms with Crippen molar-refractivity contribution < 1.29 is 14.3 Å². The average Bonchev–Trinajstić information content (AvgIpc) is 3.46. The Morgan fingerprint density at radius 3 is 2.47 bits per heavy atom. The number of carbonyl (C=O) groups is 2. The third kappa shape index (κ3) is 4.40. The molecule has 0 bridgehead atoms. The lowest BCUT2D eigenvalue weighted by Crippen LogP contribution is -2.14. The minimum atomic E-state index is -0.293. The standard InChI is InChI=1S/C22H17N3O3S2/c1-28-19-5-3-2-4-17(19)24-20(26)14-6-8-16(9-7-14)23-21(27)18-13-30-22(25-18)15-10-11-29-12-15/h2-13H,1H3,(H,23,27)(H,24,26). The highest BCUT2D eigenvalue weighted by atomic mass is 32.1. The summed E-state index contributed by atoms with van der Waals surface area (Å²) in [4.78, 5) is 29.4. The maximum absolute atomic E-state index is 12.5. The fourth-order valence-corrected chi connectivity index (χ4v) is 4.25. The van der Waals surface area contributed by atoms with Crippen LogP contribution in [0.15, 0.2) is 70.7 Å². The number of methoxy groups -OCH3 is 1. The van der Waals surface area contributed by atoms with Crippen LogP contribution < -0.4 is 15.4 Å². The first-order valence-electron chi connectivity index (χ1n) is 8.98. The van der Waals surface area contributed by atoms with Gasteiger partial charge in [-0.3, -0.25) is 9.59 Å². The molecule has 0 aliphatic carbocycles. The van der Waals surface area contributed by atoms with Crippen molar-refractivity contribution >= 4 is 45.9 Å². The minimum Gasteiger partial charge on any atom is -0.495 e. The SMILES string of the molecule is COc1ccccc1NC(=O)c1ccc(NC(=O)c2csc(-c3ccsc3)n2)cc1. The van der Waals surface area contributed by atoms with E-state index in [2.05, 4.69) is 15.6 Å². The van der Waals surface area contributed by atoms with Crippen LogP contribution in [0, 0.1) is 0 Å². The lowest BCUT2D eigenvalue weighted by molar-refractivity contribution is 0.101. The van der Waals surface area contributed by atoms with Gasteiger partial charge in [0.05, 0.1) is 12.8 Å². The molecule has 0 aliphatic heterocycles. The predicted octanol–water partition coefficient (Wildman–Crippen LogP) is 5.38. The summed E-state index contributed by atoms with van der Waals surface area (Å²) in [6.45, 7) is 0. The molecule has 4 aromatic rings. The van der Waals surface area contributed by atoms with Gasteiger partial charge in [0.15, 0.2) is 0 Å². The van der Waals surface area contributed by atoms with E-state index in [-0.39, 0.29) is 11.8 Å². The van der Waals surface area contributed by atoms with E-state index in [4.69, 9.17) is 4.74 Å². The van der Waals surface area contributed by atoms with Crippen molar-refractivity contribution in [2.45, 2.75) is 0 Å². The molecular formula is C22H17N3O3S2. The van der Waals surface area contributed by atoms with Gasteiger partial charge in [-0.25, -0.2) is 4.98 Å². The van der Waals surface area contributed by atoms with Crippen LogP contribution in [0.4, 0.5) is 11.4 Å². The van der Waals surface area contributed by atoms with Gasteiger partial charge in [0.1, 0.15) is 16.5 Å². The van der Waals surface area contributed by atoms with Crippen molar-refractivity contribution in [1.29, 1.82) is 0 Å². The van der Waals surface area contributed by atoms with Crippen LogP contribution >= 0.6 is 22.7 Å². The summed E-state index contributed by atoms with van der Waals surface area (Å²) in [5.74, 6) is 0.0241. The van der Waals surface area contributed by atoms with Gasteiger partial charge in [0, 0.05) is 27.6 Å². The molecule has 0 fully saturated rings. The highest BCUT2D eigenvalue weighted by Gasteiger charge is 2.13. The Balaban J connectivity index is 1.41. The summed E-state index contributed by atoms with van der Waals surface area (Å²) in [5.41, 5.74) is 3.01. The van der Waals surface area contributed by atoms with Crippen LogP contribution in [0.1, 0.15) is 20.8 Å². The van der Waals surface area contributed by atoms with E-state index >= 15 is 0 Å². The number of nitrogens with zero attached hydrogens (tertiary/aromatic N) is 1. The largest absolute Gasteiger partial charge is 0.495 e. The van der Waals surface area contributed by atoms with Crippen molar-refractivity contribution in [3.05, 3.63) is 82.0 Å². The summed E-state index contributed by atoms with van der Waals surface area (Å²) in [6, 6.07) is 15.8. The molecular weight excluding hydrogens is 418 g/mol. The van der Waals surface area contributed by atoms with Crippen molar-refractivity contribution in [3.63, 3.8) is 0 Å². The van der Waals surface area contributed by atoms with Crippen molar-refractivity contribution in [1.82, 2.24) is 4.98 Å². The molecule has 2 heterocycles. The van der Waals surface area contributed by atoms with Crippen molar-refractivity contribution in [2.75, 3.05) is 17.7 Å². The van der Waals surface area contributed by atoms with E-state index in [0.29, 0.717) is 28.4 Å². The fraction of sp³-hybridized carbons (Fsp3) is 0.0455. The van der Waals surface area contributed by atoms with Crippen LogP contribution in [-0.2, 0) is 0 Å². The third-order valence-corrected chi connectivity index (χ3v) is 5.84. The molecule has 2 amide bonds. The molecule has 30 heavy (non-hydrogen) atoms. The Bertz CT molecular complexity index is 1170. The molecule has 0 radical (unpaired) electrons. The van der Waals surface area contributed by atoms with Crippen molar-refractivity contribution in [3.8, 4) is 16.3 Å². The molecule has 2 aromatic heterocycles.